The Labute approximate surface area is 236 Å². The lowest BCUT2D eigenvalue weighted by atomic mass is 9.98. The third-order valence-corrected chi connectivity index (χ3v) is 7.97. The van der Waals surface area contributed by atoms with Crippen LogP contribution in [0.2, 0.25) is 0 Å². The van der Waals surface area contributed by atoms with Crippen molar-refractivity contribution in [2.45, 2.75) is 43.4 Å². The second-order valence-electron chi connectivity index (χ2n) is 10.1. The lowest BCUT2D eigenvalue weighted by Crippen LogP contribution is -2.41. The van der Waals surface area contributed by atoms with E-state index < -0.39 is 28.5 Å². The van der Waals surface area contributed by atoms with Crippen LogP contribution in [0, 0.1) is 17.8 Å². The van der Waals surface area contributed by atoms with Gasteiger partial charge in [0.2, 0.25) is 0 Å². The van der Waals surface area contributed by atoms with Crippen LogP contribution in [-0.2, 0) is 16.4 Å². The highest BCUT2D eigenvalue weighted by Gasteiger charge is 2.30. The Balaban J connectivity index is 1.62. The summed E-state index contributed by atoms with van der Waals surface area (Å²) in [5.41, 5.74) is 1.35. The van der Waals surface area contributed by atoms with E-state index in [1.807, 2.05) is 6.92 Å². The molecule has 4 rings (SSSR count). The summed E-state index contributed by atoms with van der Waals surface area (Å²) in [6, 6.07) is 7.34. The molecule has 220 valence electrons. The second-order valence-corrected chi connectivity index (χ2v) is 12.1. The van der Waals surface area contributed by atoms with Crippen LogP contribution in [0.25, 0.3) is 11.0 Å². The largest absolute Gasteiger partial charge is 0.495 e. The Kier molecular flexibility index (Phi) is 9.14. The number of carbonyl (C=O) groups excluding carboxylic acids is 1. The minimum Gasteiger partial charge on any atom is -0.495 e. The summed E-state index contributed by atoms with van der Waals surface area (Å²) in [7, 11) is -2.00. The number of ether oxygens (including phenoxy) is 1. The first-order valence-corrected chi connectivity index (χ1v) is 14.9. The van der Waals surface area contributed by atoms with E-state index in [0.29, 0.717) is 17.0 Å². The highest BCUT2D eigenvalue weighted by Crippen LogP contribution is 2.28. The van der Waals surface area contributed by atoms with Crippen LogP contribution in [0.5, 0.6) is 5.75 Å². The molecule has 0 radical (unpaired) electrons. The summed E-state index contributed by atoms with van der Waals surface area (Å²) in [5, 5.41) is 9.42. The monoisotopic (exact) mass is 591 g/mol. The molecule has 1 saturated heterocycles. The zero-order valence-corrected chi connectivity index (χ0v) is 23.7. The smallest absolute Gasteiger partial charge is 0.406 e. The first-order valence-electron chi connectivity index (χ1n) is 13.0. The minimum absolute atomic E-state index is 0.0900. The third-order valence-electron chi connectivity index (χ3n) is 6.86. The first kappa shape index (κ1) is 30.2. The number of sulfone groups is 1. The van der Waals surface area contributed by atoms with Crippen molar-refractivity contribution in [2.24, 2.45) is 5.92 Å². The maximum absolute atomic E-state index is 13.4. The van der Waals surface area contributed by atoms with Crippen LogP contribution in [0.3, 0.4) is 0 Å². The number of hydrogen-bond acceptors (Lipinski definition) is 7. The summed E-state index contributed by atoms with van der Waals surface area (Å²) in [4.78, 5) is 17.6. The van der Waals surface area contributed by atoms with Gasteiger partial charge in [-0.25, -0.2) is 13.4 Å². The van der Waals surface area contributed by atoms with Gasteiger partial charge in [-0.1, -0.05) is 18.8 Å². The van der Waals surface area contributed by atoms with Gasteiger partial charge in [0.25, 0.3) is 5.91 Å². The summed E-state index contributed by atoms with van der Waals surface area (Å²) in [6.45, 7) is 2.51. The van der Waals surface area contributed by atoms with Crippen LogP contribution in [0.15, 0.2) is 41.6 Å². The lowest BCUT2D eigenvalue weighted by molar-refractivity contribution is -0.139. The highest BCUT2D eigenvalue weighted by atomic mass is 32.2. The van der Waals surface area contributed by atoms with E-state index in [4.69, 9.17) is 4.74 Å². The van der Waals surface area contributed by atoms with Crippen LogP contribution in [-0.4, -0.2) is 69.1 Å². The van der Waals surface area contributed by atoms with E-state index >= 15 is 0 Å². The van der Waals surface area contributed by atoms with Crippen LogP contribution >= 0.6 is 0 Å². The SMILES string of the molecule is COc1cc(S(C)(=O)=O)ccc1NCC#Cc1cc(C(=O)NC2CCCNCC2C)c2ncn(CC(F)(F)F)c2c1. The van der Waals surface area contributed by atoms with E-state index in [9.17, 15) is 26.4 Å². The Morgan fingerprint density at radius 2 is 2.05 bits per heavy atom. The molecular formula is C28H32F3N5O4S. The normalized spacial score (nSPS) is 17.8. The molecule has 2 atom stereocenters. The molecule has 2 heterocycles. The molecule has 1 aromatic heterocycles. The Hall–Kier alpha value is -3.76. The van der Waals surface area contributed by atoms with E-state index in [0.717, 1.165) is 43.1 Å². The fraction of sp³-hybridized carbons (Fsp3) is 0.429. The fourth-order valence-corrected chi connectivity index (χ4v) is 5.36. The predicted molar refractivity (Wildman–Crippen MR) is 150 cm³/mol. The van der Waals surface area contributed by atoms with E-state index in [-0.39, 0.29) is 40.0 Å². The zero-order chi connectivity index (χ0) is 29.8. The van der Waals surface area contributed by atoms with Gasteiger partial charge < -0.3 is 25.3 Å². The number of carbonyl (C=O) groups is 1. The molecule has 0 bridgehead atoms. The summed E-state index contributed by atoms with van der Waals surface area (Å²) in [5.74, 6) is 5.90. The standard InChI is InChI=1S/C28H32F3N5O4S/c1-18-15-32-10-5-7-22(18)35-27(37)21-12-19(13-24-26(21)34-17-36(24)16-28(29,30)31)6-4-11-33-23-9-8-20(41(3,38)39)14-25(23)40-2/h8-9,12-14,17-18,22,32-33H,5,7,10-11,15-16H2,1-3H3,(H,35,37). The molecular weight excluding hydrogens is 559 g/mol. The van der Waals surface area contributed by atoms with Crippen molar-refractivity contribution in [1.82, 2.24) is 20.2 Å². The van der Waals surface area contributed by atoms with Gasteiger partial charge in [0, 0.05) is 23.9 Å². The van der Waals surface area contributed by atoms with E-state index in [2.05, 4.69) is 32.8 Å². The number of halogens is 3. The number of rotatable bonds is 7. The van der Waals surface area contributed by atoms with Crippen LogP contribution in [0.1, 0.15) is 35.7 Å². The number of benzene rings is 2. The summed E-state index contributed by atoms with van der Waals surface area (Å²) < 4.78 is 69.6. The number of amides is 1. The maximum Gasteiger partial charge on any atom is 0.406 e. The quantitative estimate of drug-likeness (QED) is 0.360. The number of aromatic nitrogens is 2. The number of imidazole rings is 1. The van der Waals surface area contributed by atoms with Crippen molar-refractivity contribution in [2.75, 3.05) is 38.3 Å². The lowest BCUT2D eigenvalue weighted by Gasteiger charge is -2.22. The van der Waals surface area contributed by atoms with Gasteiger partial charge in [0.15, 0.2) is 9.84 Å². The number of fused-ring (bicyclic) bond motifs is 1. The van der Waals surface area contributed by atoms with Gasteiger partial charge in [-0.05, 0) is 56.1 Å². The average Bonchev–Trinajstić information content (AvgIpc) is 3.17. The molecule has 1 aliphatic heterocycles. The second kappa shape index (κ2) is 12.4. The van der Waals surface area contributed by atoms with E-state index in [1.165, 1.54) is 31.4 Å². The Morgan fingerprint density at radius 3 is 2.76 bits per heavy atom. The van der Waals surface area contributed by atoms with Gasteiger partial charge in [-0.2, -0.15) is 13.2 Å². The number of anilines is 1. The number of hydrogen-bond donors (Lipinski definition) is 3. The predicted octanol–water partition coefficient (Wildman–Crippen LogP) is 3.59. The molecule has 2 aromatic carbocycles. The van der Waals surface area contributed by atoms with Gasteiger partial charge >= 0.3 is 6.18 Å². The van der Waals surface area contributed by atoms with Crippen molar-refractivity contribution >= 4 is 32.5 Å². The topological polar surface area (TPSA) is 114 Å². The molecule has 0 saturated carbocycles. The highest BCUT2D eigenvalue weighted by molar-refractivity contribution is 7.90. The van der Waals surface area contributed by atoms with Crippen molar-refractivity contribution in [3.63, 3.8) is 0 Å². The zero-order valence-electron chi connectivity index (χ0n) is 22.9. The molecule has 1 fully saturated rings. The maximum atomic E-state index is 13.4. The summed E-state index contributed by atoms with van der Waals surface area (Å²) in [6.07, 6.45) is -0.619. The van der Waals surface area contributed by atoms with Crippen molar-refractivity contribution in [3.8, 4) is 17.6 Å². The molecule has 1 aliphatic rings. The Bertz CT molecular complexity index is 1590. The molecule has 3 N–H and O–H groups in total. The molecule has 0 spiro atoms. The first-order chi connectivity index (χ1) is 19.4. The van der Waals surface area contributed by atoms with Crippen LogP contribution in [0.4, 0.5) is 18.9 Å². The minimum atomic E-state index is -4.48. The average molecular weight is 592 g/mol. The Morgan fingerprint density at radius 1 is 1.27 bits per heavy atom. The molecule has 2 unspecified atom stereocenters. The van der Waals surface area contributed by atoms with Gasteiger partial charge in [-0.3, -0.25) is 4.79 Å². The number of alkyl halides is 3. The van der Waals surface area contributed by atoms with E-state index in [1.54, 1.807) is 6.07 Å². The fourth-order valence-electron chi connectivity index (χ4n) is 4.73. The van der Waals surface area contributed by atoms with Crippen LogP contribution < -0.4 is 20.7 Å². The number of nitrogens with one attached hydrogen (secondary N) is 3. The molecule has 13 heteroatoms. The van der Waals surface area contributed by atoms with Crippen molar-refractivity contribution in [3.05, 3.63) is 47.8 Å². The third kappa shape index (κ3) is 7.71. The molecule has 9 nitrogen and oxygen atoms in total. The van der Waals surface area contributed by atoms with Gasteiger partial charge in [0.05, 0.1) is 41.6 Å². The van der Waals surface area contributed by atoms with Gasteiger partial charge in [0.1, 0.15) is 17.8 Å². The molecule has 1 amide bonds. The number of nitrogens with zero attached hydrogens (tertiary/aromatic N) is 2. The summed E-state index contributed by atoms with van der Waals surface area (Å²) >= 11 is 0. The molecule has 0 aliphatic carbocycles. The molecule has 41 heavy (non-hydrogen) atoms. The molecule has 3 aromatic rings. The van der Waals surface area contributed by atoms with Crippen molar-refractivity contribution in [1.29, 1.82) is 0 Å². The van der Waals surface area contributed by atoms with Crippen molar-refractivity contribution < 1.29 is 31.1 Å². The number of methoxy groups -OCH3 is 1. The van der Waals surface area contributed by atoms with Gasteiger partial charge in [-0.15, -0.1) is 0 Å².